The third-order valence-corrected chi connectivity index (χ3v) is 4.26. The van der Waals surface area contributed by atoms with E-state index in [9.17, 15) is 4.57 Å². The van der Waals surface area contributed by atoms with Gasteiger partial charge in [-0.25, -0.2) is 0 Å². The Kier molecular flexibility index (Phi) is 4.32. The predicted octanol–water partition coefficient (Wildman–Crippen LogP) is 1.44. The number of guanidine groups is 1. The molecule has 17 heavy (non-hydrogen) atoms. The third kappa shape index (κ3) is 4.59. The van der Waals surface area contributed by atoms with Crippen molar-refractivity contribution in [2.24, 2.45) is 11.5 Å². The minimum atomic E-state index is -2.25. The molecule has 0 fully saturated rings. The molecule has 0 amide bonds. The molecule has 1 aromatic rings. The smallest absolute Gasteiger partial charge is 0.190 e. The van der Waals surface area contributed by atoms with E-state index in [0.717, 1.165) is 11.3 Å². The minimum Gasteiger partial charge on any atom is -0.370 e. The fraction of sp³-hybridized carbons (Fsp3) is 0.364. The van der Waals surface area contributed by atoms with Gasteiger partial charge in [0.2, 0.25) is 0 Å². The van der Waals surface area contributed by atoms with Crippen molar-refractivity contribution in [2.75, 3.05) is 18.6 Å². The van der Waals surface area contributed by atoms with Crippen LogP contribution < -0.4 is 16.8 Å². The molecule has 5 nitrogen and oxygen atoms in total. The lowest BCUT2D eigenvalue weighted by Gasteiger charge is -2.16. The molecular weight excluding hydrogens is 235 g/mol. The maximum atomic E-state index is 11.7. The second kappa shape index (κ2) is 5.34. The predicted molar refractivity (Wildman–Crippen MR) is 73.1 cm³/mol. The Morgan fingerprint density at radius 3 is 2.35 bits per heavy atom. The highest BCUT2D eigenvalue weighted by atomic mass is 31.2. The van der Waals surface area contributed by atoms with Crippen LogP contribution in [0.15, 0.2) is 24.3 Å². The fourth-order valence-corrected chi connectivity index (χ4v) is 1.99. The molecular formula is C11H19N4OP. The van der Waals surface area contributed by atoms with Crippen molar-refractivity contribution in [3.05, 3.63) is 29.8 Å². The van der Waals surface area contributed by atoms with Crippen LogP contribution in [-0.4, -0.2) is 25.1 Å². The average molecular weight is 254 g/mol. The summed E-state index contributed by atoms with van der Waals surface area (Å²) in [5.41, 5.74) is 12.9. The summed E-state index contributed by atoms with van der Waals surface area (Å²) in [5, 5.41) is 9.78. The Hall–Kier alpha value is -1.32. The molecule has 0 saturated carbocycles. The van der Waals surface area contributed by atoms with Gasteiger partial charge in [0.15, 0.2) is 5.96 Å². The molecule has 1 atom stereocenters. The van der Waals surface area contributed by atoms with Gasteiger partial charge in [-0.2, -0.15) is 0 Å². The lowest BCUT2D eigenvalue weighted by Crippen LogP contribution is -2.22. The Balaban J connectivity index is 2.69. The van der Waals surface area contributed by atoms with Crippen molar-refractivity contribution >= 4 is 18.8 Å². The normalized spacial score (nSPS) is 13.1. The first-order valence-electron chi connectivity index (χ1n) is 5.29. The summed E-state index contributed by atoms with van der Waals surface area (Å²) in [6.45, 7) is 3.40. The molecule has 0 heterocycles. The van der Waals surface area contributed by atoms with Gasteiger partial charge in [0.25, 0.3) is 0 Å². The van der Waals surface area contributed by atoms with E-state index >= 15 is 0 Å². The van der Waals surface area contributed by atoms with Gasteiger partial charge in [-0.05, 0) is 37.4 Å². The molecule has 0 aliphatic carbocycles. The number of nitrogens with two attached hydrogens (primary N) is 2. The van der Waals surface area contributed by atoms with E-state index < -0.39 is 7.14 Å². The first-order valence-corrected chi connectivity index (χ1v) is 7.96. The van der Waals surface area contributed by atoms with E-state index in [1.54, 1.807) is 13.3 Å². The number of nitrogens with one attached hydrogen (secondary N) is 2. The molecule has 0 aliphatic rings. The first kappa shape index (κ1) is 13.7. The van der Waals surface area contributed by atoms with Gasteiger partial charge in [0, 0.05) is 5.69 Å². The molecule has 6 heteroatoms. The summed E-state index contributed by atoms with van der Waals surface area (Å²) in [4.78, 5) is 0. The van der Waals surface area contributed by atoms with E-state index in [1.165, 1.54) is 0 Å². The van der Waals surface area contributed by atoms with Gasteiger partial charge in [-0.15, -0.1) is 0 Å². The van der Waals surface area contributed by atoms with Gasteiger partial charge in [-0.1, -0.05) is 12.1 Å². The second-order valence-electron chi connectivity index (χ2n) is 4.44. The maximum Gasteiger partial charge on any atom is 0.190 e. The zero-order valence-electron chi connectivity index (χ0n) is 10.1. The van der Waals surface area contributed by atoms with Gasteiger partial charge in [0.1, 0.15) is 0 Å². The van der Waals surface area contributed by atoms with Crippen molar-refractivity contribution in [3.63, 3.8) is 0 Å². The van der Waals surface area contributed by atoms with Crippen LogP contribution in [0.3, 0.4) is 0 Å². The highest BCUT2D eigenvalue weighted by Gasteiger charge is 2.18. The molecule has 0 radical (unpaired) electrons. The number of benzene rings is 1. The molecule has 0 bridgehead atoms. The Labute approximate surface area is 101 Å². The van der Waals surface area contributed by atoms with Gasteiger partial charge < -0.3 is 21.3 Å². The molecule has 1 unspecified atom stereocenters. The summed E-state index contributed by atoms with van der Waals surface area (Å²) in [5.74, 6) is -0.407. The van der Waals surface area contributed by atoms with Crippen LogP contribution in [0.25, 0.3) is 0 Å². The Morgan fingerprint density at radius 1 is 1.41 bits per heavy atom. The Morgan fingerprint density at radius 2 is 1.94 bits per heavy atom. The van der Waals surface area contributed by atoms with Gasteiger partial charge in [0.05, 0.1) is 12.9 Å². The van der Waals surface area contributed by atoms with Crippen LogP contribution in [0.5, 0.6) is 0 Å². The second-order valence-corrected chi connectivity index (χ2v) is 7.97. The molecule has 94 valence electrons. The monoisotopic (exact) mass is 254 g/mol. The molecule has 1 aromatic carbocycles. The molecule has 6 N–H and O–H groups in total. The lowest BCUT2D eigenvalue weighted by molar-refractivity contribution is 0.571. The van der Waals surface area contributed by atoms with Crippen LogP contribution in [0, 0.1) is 5.41 Å². The van der Waals surface area contributed by atoms with E-state index in [-0.39, 0.29) is 11.7 Å². The van der Waals surface area contributed by atoms with E-state index in [0.29, 0.717) is 6.42 Å². The standard InChI is InChI=1S/C11H19N4OP/c1-17(2,16)10(12)7-8-3-5-9(6-4-8)15-11(13)14/h3-6,10H,7,12H2,1-2H3,(H4,13,14,15). The molecule has 0 saturated heterocycles. The number of anilines is 1. The molecule has 1 rings (SSSR count). The summed E-state index contributed by atoms with van der Waals surface area (Å²) >= 11 is 0. The number of hydrogen-bond donors (Lipinski definition) is 4. The first-order chi connectivity index (χ1) is 7.79. The fourth-order valence-electron chi connectivity index (χ4n) is 1.34. The summed E-state index contributed by atoms with van der Waals surface area (Å²) in [7, 11) is -2.25. The van der Waals surface area contributed by atoms with Crippen LogP contribution in [-0.2, 0) is 11.0 Å². The average Bonchev–Trinajstić information content (AvgIpc) is 2.18. The van der Waals surface area contributed by atoms with E-state index in [1.807, 2.05) is 24.3 Å². The summed E-state index contributed by atoms with van der Waals surface area (Å²) in [6, 6.07) is 7.42. The van der Waals surface area contributed by atoms with Crippen molar-refractivity contribution in [1.82, 2.24) is 0 Å². The zero-order valence-corrected chi connectivity index (χ0v) is 11.0. The third-order valence-electron chi connectivity index (χ3n) is 2.48. The quantitative estimate of drug-likeness (QED) is 0.370. The van der Waals surface area contributed by atoms with Crippen molar-refractivity contribution < 1.29 is 4.57 Å². The van der Waals surface area contributed by atoms with Crippen LogP contribution >= 0.6 is 7.14 Å². The number of hydrogen-bond acceptors (Lipinski definition) is 3. The Bertz CT molecular complexity index is 437. The van der Waals surface area contributed by atoms with Crippen molar-refractivity contribution in [3.8, 4) is 0 Å². The SMILES string of the molecule is CP(C)(=O)C(N)Cc1ccc(NC(=N)N)cc1. The minimum absolute atomic E-state index is 0.0962. The molecule has 0 spiro atoms. The highest BCUT2D eigenvalue weighted by molar-refractivity contribution is 7.63. The van der Waals surface area contributed by atoms with Crippen molar-refractivity contribution in [1.29, 1.82) is 5.41 Å². The van der Waals surface area contributed by atoms with E-state index in [4.69, 9.17) is 16.9 Å². The van der Waals surface area contributed by atoms with Gasteiger partial charge in [-0.3, -0.25) is 5.41 Å². The molecule has 0 aliphatic heterocycles. The summed E-state index contributed by atoms with van der Waals surface area (Å²) in [6.07, 6.45) is 0.588. The number of rotatable bonds is 4. The maximum absolute atomic E-state index is 11.7. The summed E-state index contributed by atoms with van der Waals surface area (Å²) < 4.78 is 11.7. The highest BCUT2D eigenvalue weighted by Crippen LogP contribution is 2.40. The van der Waals surface area contributed by atoms with Crippen molar-refractivity contribution in [2.45, 2.75) is 12.2 Å². The van der Waals surface area contributed by atoms with E-state index in [2.05, 4.69) is 5.32 Å². The van der Waals surface area contributed by atoms with Crippen LogP contribution in [0.4, 0.5) is 5.69 Å². The van der Waals surface area contributed by atoms with Gasteiger partial charge >= 0.3 is 0 Å². The topological polar surface area (TPSA) is 105 Å². The lowest BCUT2D eigenvalue weighted by atomic mass is 10.1. The van der Waals surface area contributed by atoms with Crippen LogP contribution in [0.1, 0.15) is 5.56 Å². The van der Waals surface area contributed by atoms with Crippen LogP contribution in [0.2, 0.25) is 0 Å². The zero-order chi connectivity index (χ0) is 13.1. The molecule has 0 aromatic heterocycles. The largest absolute Gasteiger partial charge is 0.370 e.